The van der Waals surface area contributed by atoms with Gasteiger partial charge < -0.3 is 10.5 Å². The molecule has 0 aliphatic rings. The molecule has 2 N–H and O–H groups in total. The van der Waals surface area contributed by atoms with Crippen molar-refractivity contribution in [1.82, 2.24) is 0 Å². The highest BCUT2D eigenvalue weighted by molar-refractivity contribution is 5.29. The lowest BCUT2D eigenvalue weighted by molar-refractivity contribution is 0.414. The standard InChI is InChI=1S/C15H17NO/c1-17-14-9-7-12(8-10-14)11-15(16)13-5-3-2-4-6-13/h2-10,15H,11,16H2,1H3/t15-/m0/s1. The maximum atomic E-state index is 6.17. The van der Waals surface area contributed by atoms with Crippen LogP contribution in [0.5, 0.6) is 5.75 Å². The zero-order valence-electron chi connectivity index (χ0n) is 9.97. The van der Waals surface area contributed by atoms with Crippen molar-refractivity contribution in [2.45, 2.75) is 12.5 Å². The summed E-state index contributed by atoms with van der Waals surface area (Å²) < 4.78 is 5.13. The third-order valence-electron chi connectivity index (χ3n) is 2.84. The van der Waals surface area contributed by atoms with Gasteiger partial charge in [0.05, 0.1) is 7.11 Å². The van der Waals surface area contributed by atoms with E-state index in [9.17, 15) is 0 Å². The second-order valence-corrected chi connectivity index (χ2v) is 4.07. The van der Waals surface area contributed by atoms with Gasteiger partial charge in [0, 0.05) is 6.04 Å². The molecule has 0 saturated heterocycles. The number of benzene rings is 2. The molecule has 0 unspecified atom stereocenters. The number of hydrogen-bond donors (Lipinski definition) is 1. The smallest absolute Gasteiger partial charge is 0.118 e. The van der Waals surface area contributed by atoms with Crippen molar-refractivity contribution in [3.63, 3.8) is 0 Å². The van der Waals surface area contributed by atoms with E-state index in [-0.39, 0.29) is 6.04 Å². The first-order valence-corrected chi connectivity index (χ1v) is 5.73. The first-order chi connectivity index (χ1) is 8.29. The van der Waals surface area contributed by atoms with Crippen molar-refractivity contribution in [3.8, 4) is 5.75 Å². The van der Waals surface area contributed by atoms with Crippen LogP contribution >= 0.6 is 0 Å². The Morgan fingerprint density at radius 1 is 1.00 bits per heavy atom. The van der Waals surface area contributed by atoms with Crippen LogP contribution < -0.4 is 10.5 Å². The van der Waals surface area contributed by atoms with Crippen LogP contribution in [0.4, 0.5) is 0 Å². The van der Waals surface area contributed by atoms with Crippen molar-refractivity contribution < 1.29 is 4.74 Å². The quantitative estimate of drug-likeness (QED) is 0.871. The van der Waals surface area contributed by atoms with Gasteiger partial charge in [0.15, 0.2) is 0 Å². The Morgan fingerprint density at radius 3 is 2.24 bits per heavy atom. The van der Waals surface area contributed by atoms with Crippen molar-refractivity contribution >= 4 is 0 Å². The fraction of sp³-hybridized carbons (Fsp3) is 0.200. The van der Waals surface area contributed by atoms with Crippen LogP contribution in [0.25, 0.3) is 0 Å². The lowest BCUT2D eigenvalue weighted by Gasteiger charge is -2.12. The van der Waals surface area contributed by atoms with Crippen LogP contribution in [0.3, 0.4) is 0 Å². The molecule has 0 radical (unpaired) electrons. The highest BCUT2D eigenvalue weighted by atomic mass is 16.5. The summed E-state index contributed by atoms with van der Waals surface area (Å²) in [6.07, 6.45) is 0.841. The van der Waals surface area contributed by atoms with Crippen LogP contribution in [0, 0.1) is 0 Å². The van der Waals surface area contributed by atoms with E-state index in [0.29, 0.717) is 0 Å². The molecule has 0 aliphatic heterocycles. The summed E-state index contributed by atoms with van der Waals surface area (Å²) in [4.78, 5) is 0. The molecule has 0 bridgehead atoms. The molecule has 0 spiro atoms. The van der Waals surface area contributed by atoms with E-state index in [1.807, 2.05) is 30.3 Å². The van der Waals surface area contributed by atoms with Crippen molar-refractivity contribution in [3.05, 3.63) is 65.7 Å². The van der Waals surface area contributed by atoms with Gasteiger partial charge in [-0.2, -0.15) is 0 Å². The molecule has 0 amide bonds. The second-order valence-electron chi connectivity index (χ2n) is 4.07. The van der Waals surface area contributed by atoms with E-state index in [0.717, 1.165) is 12.2 Å². The molecule has 0 heterocycles. The molecule has 0 fully saturated rings. The lowest BCUT2D eigenvalue weighted by Crippen LogP contribution is -2.13. The predicted octanol–water partition coefficient (Wildman–Crippen LogP) is 2.94. The van der Waals surface area contributed by atoms with E-state index >= 15 is 0 Å². The first kappa shape index (κ1) is 11.7. The Balaban J connectivity index is 2.05. The number of hydrogen-bond acceptors (Lipinski definition) is 2. The molecule has 0 saturated carbocycles. The summed E-state index contributed by atoms with van der Waals surface area (Å²) in [6, 6.07) is 18.3. The molecular weight excluding hydrogens is 210 g/mol. The van der Waals surface area contributed by atoms with E-state index in [4.69, 9.17) is 10.5 Å². The highest BCUT2D eigenvalue weighted by Gasteiger charge is 2.06. The number of ether oxygens (including phenoxy) is 1. The third kappa shape index (κ3) is 3.08. The average Bonchev–Trinajstić information content (AvgIpc) is 2.40. The van der Waals surface area contributed by atoms with Crippen LogP contribution in [0.1, 0.15) is 17.2 Å². The molecule has 1 atom stereocenters. The zero-order chi connectivity index (χ0) is 12.1. The van der Waals surface area contributed by atoms with E-state index < -0.39 is 0 Å². The maximum absolute atomic E-state index is 6.17. The van der Waals surface area contributed by atoms with Gasteiger partial charge in [-0.3, -0.25) is 0 Å². The SMILES string of the molecule is COc1ccc(C[C@H](N)c2ccccc2)cc1. The van der Waals surface area contributed by atoms with Crippen molar-refractivity contribution in [2.24, 2.45) is 5.73 Å². The summed E-state index contributed by atoms with van der Waals surface area (Å²) >= 11 is 0. The van der Waals surface area contributed by atoms with Gasteiger partial charge in [0.2, 0.25) is 0 Å². The Bertz CT molecular complexity index is 450. The molecular formula is C15H17NO. The number of rotatable bonds is 4. The lowest BCUT2D eigenvalue weighted by atomic mass is 10.00. The van der Waals surface area contributed by atoms with E-state index in [1.165, 1.54) is 11.1 Å². The van der Waals surface area contributed by atoms with Gasteiger partial charge in [0.1, 0.15) is 5.75 Å². The van der Waals surface area contributed by atoms with Gasteiger partial charge in [-0.1, -0.05) is 42.5 Å². The second kappa shape index (κ2) is 5.51. The molecule has 2 aromatic carbocycles. The molecule has 2 nitrogen and oxygen atoms in total. The fourth-order valence-corrected chi connectivity index (χ4v) is 1.83. The zero-order valence-corrected chi connectivity index (χ0v) is 9.97. The van der Waals surface area contributed by atoms with Crippen LogP contribution in [-0.4, -0.2) is 7.11 Å². The molecule has 0 aromatic heterocycles. The normalized spacial score (nSPS) is 12.1. The van der Waals surface area contributed by atoms with Crippen LogP contribution in [-0.2, 0) is 6.42 Å². The Kier molecular flexibility index (Phi) is 3.78. The predicted molar refractivity (Wildman–Crippen MR) is 70.1 cm³/mol. The Labute approximate surface area is 102 Å². The number of methoxy groups -OCH3 is 1. The molecule has 2 rings (SSSR count). The fourth-order valence-electron chi connectivity index (χ4n) is 1.83. The van der Waals surface area contributed by atoms with Gasteiger partial charge in [-0.05, 0) is 29.7 Å². The topological polar surface area (TPSA) is 35.2 Å². The molecule has 17 heavy (non-hydrogen) atoms. The molecule has 2 aromatic rings. The van der Waals surface area contributed by atoms with Crippen molar-refractivity contribution in [1.29, 1.82) is 0 Å². The summed E-state index contributed by atoms with van der Waals surface area (Å²) in [5.74, 6) is 0.877. The van der Waals surface area contributed by atoms with Gasteiger partial charge in [-0.15, -0.1) is 0 Å². The summed E-state index contributed by atoms with van der Waals surface area (Å²) in [6.45, 7) is 0. The Morgan fingerprint density at radius 2 is 1.65 bits per heavy atom. The first-order valence-electron chi connectivity index (χ1n) is 5.73. The average molecular weight is 227 g/mol. The molecule has 88 valence electrons. The van der Waals surface area contributed by atoms with Crippen LogP contribution in [0.15, 0.2) is 54.6 Å². The van der Waals surface area contributed by atoms with Gasteiger partial charge in [0.25, 0.3) is 0 Å². The maximum Gasteiger partial charge on any atom is 0.118 e. The summed E-state index contributed by atoms with van der Waals surface area (Å²) in [5, 5.41) is 0. The van der Waals surface area contributed by atoms with E-state index in [1.54, 1.807) is 7.11 Å². The van der Waals surface area contributed by atoms with Gasteiger partial charge >= 0.3 is 0 Å². The summed E-state index contributed by atoms with van der Waals surface area (Å²) in [5.41, 5.74) is 8.56. The minimum atomic E-state index is 0.0459. The van der Waals surface area contributed by atoms with Gasteiger partial charge in [-0.25, -0.2) is 0 Å². The van der Waals surface area contributed by atoms with E-state index in [2.05, 4.69) is 24.3 Å². The largest absolute Gasteiger partial charge is 0.497 e. The number of nitrogens with two attached hydrogens (primary N) is 1. The minimum Gasteiger partial charge on any atom is -0.497 e. The molecule has 0 aliphatic carbocycles. The minimum absolute atomic E-state index is 0.0459. The third-order valence-corrected chi connectivity index (χ3v) is 2.84. The highest BCUT2D eigenvalue weighted by Crippen LogP contribution is 2.18. The summed E-state index contributed by atoms with van der Waals surface area (Å²) in [7, 11) is 1.67. The molecule has 2 heteroatoms. The monoisotopic (exact) mass is 227 g/mol. The van der Waals surface area contributed by atoms with Crippen LogP contribution in [0.2, 0.25) is 0 Å². The van der Waals surface area contributed by atoms with Crippen molar-refractivity contribution in [2.75, 3.05) is 7.11 Å². The Hall–Kier alpha value is -1.80.